The number of phenolic OH excluding ortho intramolecular Hbond substituents is 1. The topological polar surface area (TPSA) is 26.7 Å². The molecule has 1 aliphatic rings. The van der Waals surface area contributed by atoms with Gasteiger partial charge in [-0.25, -0.2) is 0 Å². The maximum Gasteiger partial charge on any atom is 0.120 e. The zero-order valence-electron chi connectivity index (χ0n) is 12.6. The van der Waals surface area contributed by atoms with Gasteiger partial charge < -0.3 is 5.11 Å². The Morgan fingerprint density at radius 1 is 1.00 bits per heavy atom. The van der Waals surface area contributed by atoms with E-state index in [1.165, 1.54) is 0 Å². The van der Waals surface area contributed by atoms with Crippen LogP contribution in [-0.2, 0) is 0 Å². The molecule has 3 nitrogen and oxygen atoms in total. The summed E-state index contributed by atoms with van der Waals surface area (Å²) in [7, 11) is 0. The van der Waals surface area contributed by atoms with Crippen LogP contribution in [0.2, 0.25) is 0 Å². The van der Waals surface area contributed by atoms with Gasteiger partial charge in [-0.3, -0.25) is 9.80 Å². The number of rotatable bonds is 3. The van der Waals surface area contributed by atoms with E-state index in [0.29, 0.717) is 11.8 Å². The molecule has 1 atom stereocenters. The van der Waals surface area contributed by atoms with Gasteiger partial charge in [0.1, 0.15) is 5.75 Å². The minimum absolute atomic E-state index is 0.287. The first-order chi connectivity index (χ1) is 8.99. The van der Waals surface area contributed by atoms with Crippen LogP contribution in [0.25, 0.3) is 0 Å². The summed E-state index contributed by atoms with van der Waals surface area (Å²) in [6, 6.07) is 6.91. The van der Waals surface area contributed by atoms with Gasteiger partial charge in [-0.1, -0.05) is 12.1 Å². The van der Waals surface area contributed by atoms with Crippen molar-refractivity contribution in [2.75, 3.05) is 26.2 Å². The Labute approximate surface area is 116 Å². The molecule has 0 spiro atoms. The van der Waals surface area contributed by atoms with Crippen LogP contribution in [0.3, 0.4) is 0 Å². The average Bonchev–Trinajstić information content (AvgIpc) is 2.38. The molecule has 0 aromatic heterocycles. The van der Waals surface area contributed by atoms with Crippen molar-refractivity contribution in [1.82, 2.24) is 9.80 Å². The Bertz CT molecular complexity index is 423. The summed E-state index contributed by atoms with van der Waals surface area (Å²) in [5, 5.41) is 10.1. The van der Waals surface area contributed by atoms with Crippen molar-refractivity contribution in [3.05, 3.63) is 29.3 Å². The van der Waals surface area contributed by atoms with Gasteiger partial charge in [0.05, 0.1) is 0 Å². The summed E-state index contributed by atoms with van der Waals surface area (Å²) in [6.45, 7) is 13.1. The van der Waals surface area contributed by atoms with Crippen molar-refractivity contribution >= 4 is 0 Å². The third kappa shape index (κ3) is 3.28. The molecule has 0 radical (unpaired) electrons. The van der Waals surface area contributed by atoms with Crippen molar-refractivity contribution in [2.24, 2.45) is 0 Å². The minimum Gasteiger partial charge on any atom is -0.508 e. The van der Waals surface area contributed by atoms with Crippen LogP contribution in [0, 0.1) is 6.92 Å². The lowest BCUT2D eigenvalue weighted by molar-refractivity contribution is 0.0826. The van der Waals surface area contributed by atoms with Gasteiger partial charge in [0.15, 0.2) is 0 Å². The molecule has 1 fully saturated rings. The van der Waals surface area contributed by atoms with E-state index in [1.807, 2.05) is 13.0 Å². The second kappa shape index (κ2) is 5.93. The lowest BCUT2D eigenvalue weighted by atomic mass is 10.0. The molecule has 0 bridgehead atoms. The van der Waals surface area contributed by atoms with Crippen molar-refractivity contribution in [2.45, 2.75) is 39.8 Å². The second-order valence-corrected chi connectivity index (χ2v) is 5.90. The van der Waals surface area contributed by atoms with Crippen LogP contribution in [0.15, 0.2) is 18.2 Å². The zero-order chi connectivity index (χ0) is 14.0. The molecule has 1 aliphatic heterocycles. The highest BCUT2D eigenvalue weighted by atomic mass is 16.3. The monoisotopic (exact) mass is 262 g/mol. The van der Waals surface area contributed by atoms with Gasteiger partial charge in [-0.05, 0) is 39.3 Å². The molecule has 106 valence electrons. The second-order valence-electron chi connectivity index (χ2n) is 5.90. The third-order valence-electron chi connectivity index (χ3n) is 4.26. The number of nitrogens with zero attached hydrogens (tertiary/aromatic N) is 2. The molecule has 1 heterocycles. The van der Waals surface area contributed by atoms with E-state index in [-0.39, 0.29) is 6.04 Å². The third-order valence-corrected chi connectivity index (χ3v) is 4.26. The van der Waals surface area contributed by atoms with Gasteiger partial charge in [-0.2, -0.15) is 0 Å². The van der Waals surface area contributed by atoms with E-state index in [2.05, 4.69) is 42.7 Å². The van der Waals surface area contributed by atoms with Crippen LogP contribution in [0.1, 0.15) is 37.9 Å². The lowest BCUT2D eigenvalue weighted by Gasteiger charge is -2.40. The molecular weight excluding hydrogens is 236 g/mol. The molecule has 19 heavy (non-hydrogen) atoms. The number of phenols is 1. The number of hydrogen-bond acceptors (Lipinski definition) is 3. The number of benzene rings is 1. The summed E-state index contributed by atoms with van der Waals surface area (Å²) in [6.07, 6.45) is 0. The van der Waals surface area contributed by atoms with Crippen molar-refractivity contribution in [3.63, 3.8) is 0 Å². The number of hydrogen-bond donors (Lipinski definition) is 1. The van der Waals surface area contributed by atoms with Gasteiger partial charge in [-0.15, -0.1) is 0 Å². The molecule has 0 aliphatic carbocycles. The summed E-state index contributed by atoms with van der Waals surface area (Å²) >= 11 is 0. The smallest absolute Gasteiger partial charge is 0.120 e. The van der Waals surface area contributed by atoms with E-state index in [1.54, 1.807) is 0 Å². The molecule has 0 saturated carbocycles. The first-order valence-corrected chi connectivity index (χ1v) is 7.26. The van der Waals surface area contributed by atoms with Gasteiger partial charge >= 0.3 is 0 Å². The maximum absolute atomic E-state index is 10.1. The molecule has 0 amide bonds. The molecular formula is C16H26N2O. The largest absolute Gasteiger partial charge is 0.508 e. The fraction of sp³-hybridized carbons (Fsp3) is 0.625. The van der Waals surface area contributed by atoms with Crippen LogP contribution < -0.4 is 0 Å². The van der Waals surface area contributed by atoms with Gasteiger partial charge in [0, 0.05) is 43.8 Å². The summed E-state index contributed by atoms with van der Waals surface area (Å²) in [5.41, 5.74) is 2.15. The minimum atomic E-state index is 0.287. The average molecular weight is 262 g/mol. The van der Waals surface area contributed by atoms with E-state index in [9.17, 15) is 5.11 Å². The predicted molar refractivity (Wildman–Crippen MR) is 79.5 cm³/mol. The molecule has 1 saturated heterocycles. The summed E-state index contributed by atoms with van der Waals surface area (Å²) < 4.78 is 0. The van der Waals surface area contributed by atoms with Crippen LogP contribution in [-0.4, -0.2) is 47.1 Å². The van der Waals surface area contributed by atoms with Crippen molar-refractivity contribution < 1.29 is 5.11 Å². The SMILES string of the molecule is Cc1ccc(C(C)N2CCN(C(C)C)CC2)c(O)c1. The molecule has 3 heteroatoms. The standard InChI is InChI=1S/C16H26N2O/c1-12(2)17-7-9-18(10-8-17)14(4)15-6-5-13(3)11-16(15)19/h5-6,11-12,14,19H,7-10H2,1-4H3. The first kappa shape index (κ1) is 14.4. The fourth-order valence-electron chi connectivity index (χ4n) is 2.84. The van der Waals surface area contributed by atoms with Crippen molar-refractivity contribution in [3.8, 4) is 5.75 Å². The molecule has 2 rings (SSSR count). The Morgan fingerprint density at radius 2 is 1.58 bits per heavy atom. The predicted octanol–water partition coefficient (Wildman–Crippen LogP) is 2.79. The van der Waals surface area contributed by atoms with Gasteiger partial charge in [0.2, 0.25) is 0 Å². The Hall–Kier alpha value is -1.06. The highest BCUT2D eigenvalue weighted by Crippen LogP contribution is 2.29. The number of aromatic hydroxyl groups is 1. The van der Waals surface area contributed by atoms with Gasteiger partial charge in [0.25, 0.3) is 0 Å². The van der Waals surface area contributed by atoms with Crippen molar-refractivity contribution in [1.29, 1.82) is 0 Å². The molecule has 1 N–H and O–H groups in total. The van der Waals surface area contributed by atoms with E-state index in [0.717, 1.165) is 37.3 Å². The maximum atomic E-state index is 10.1. The quantitative estimate of drug-likeness (QED) is 0.907. The number of aryl methyl sites for hydroxylation is 1. The molecule has 1 aromatic carbocycles. The van der Waals surface area contributed by atoms with Crippen LogP contribution in [0.4, 0.5) is 0 Å². The highest BCUT2D eigenvalue weighted by molar-refractivity contribution is 5.37. The van der Waals surface area contributed by atoms with E-state index < -0.39 is 0 Å². The Balaban J connectivity index is 2.03. The number of piperazine rings is 1. The van der Waals surface area contributed by atoms with E-state index in [4.69, 9.17) is 0 Å². The normalized spacial score (nSPS) is 19.8. The molecule has 1 unspecified atom stereocenters. The lowest BCUT2D eigenvalue weighted by Crippen LogP contribution is -2.49. The Kier molecular flexibility index (Phi) is 4.48. The van der Waals surface area contributed by atoms with E-state index >= 15 is 0 Å². The molecule has 1 aromatic rings. The fourth-order valence-corrected chi connectivity index (χ4v) is 2.84. The van der Waals surface area contributed by atoms with Crippen LogP contribution >= 0.6 is 0 Å². The van der Waals surface area contributed by atoms with Crippen LogP contribution in [0.5, 0.6) is 5.75 Å². The highest BCUT2D eigenvalue weighted by Gasteiger charge is 2.24. The zero-order valence-corrected chi connectivity index (χ0v) is 12.6. The summed E-state index contributed by atoms with van der Waals surface area (Å²) in [4.78, 5) is 4.97. The summed E-state index contributed by atoms with van der Waals surface area (Å²) in [5.74, 6) is 0.429. The Morgan fingerprint density at radius 3 is 2.11 bits per heavy atom. The first-order valence-electron chi connectivity index (χ1n) is 7.26.